The predicted octanol–water partition coefficient (Wildman–Crippen LogP) is 0.815. The van der Waals surface area contributed by atoms with Crippen LogP contribution in [-0.4, -0.2) is 26.6 Å². The number of imide groups is 1. The van der Waals surface area contributed by atoms with E-state index < -0.39 is 5.91 Å². The highest BCUT2D eigenvalue weighted by Crippen LogP contribution is 2.24. The molecule has 3 N–H and O–H groups in total. The first kappa shape index (κ1) is 12.5. The van der Waals surface area contributed by atoms with Crippen molar-refractivity contribution in [2.75, 3.05) is 5.73 Å². The van der Waals surface area contributed by atoms with Gasteiger partial charge in [-0.25, -0.2) is 4.98 Å². The fraction of sp³-hybridized carbons (Fsp3) is 0.0667. The maximum absolute atomic E-state index is 11.9. The molecule has 2 amide bonds. The summed E-state index contributed by atoms with van der Waals surface area (Å²) in [4.78, 5) is 27.8. The number of nitrogens with one attached hydrogen (secondary N) is 1. The van der Waals surface area contributed by atoms with Crippen molar-refractivity contribution in [3.05, 3.63) is 47.7 Å². The van der Waals surface area contributed by atoms with Gasteiger partial charge in [0.2, 0.25) is 5.91 Å². The average molecular weight is 293 g/mol. The van der Waals surface area contributed by atoms with Crippen LogP contribution in [-0.2, 0) is 11.2 Å². The molecule has 0 saturated carbocycles. The van der Waals surface area contributed by atoms with E-state index in [0.29, 0.717) is 11.5 Å². The number of nitrogen functional groups attached to an aromatic ring is 1. The highest BCUT2D eigenvalue weighted by molar-refractivity contribution is 6.11. The molecular weight excluding hydrogens is 282 g/mol. The number of carbonyl (C=O) groups is 2. The van der Waals surface area contributed by atoms with Gasteiger partial charge in [0.05, 0.1) is 17.6 Å². The Morgan fingerprint density at radius 2 is 1.95 bits per heavy atom. The summed E-state index contributed by atoms with van der Waals surface area (Å²) in [5, 5.41) is 7.51. The zero-order valence-corrected chi connectivity index (χ0v) is 11.4. The number of aromatic nitrogens is 3. The molecule has 108 valence electrons. The lowest BCUT2D eigenvalue weighted by atomic mass is 10.1. The fourth-order valence-corrected chi connectivity index (χ4v) is 2.58. The van der Waals surface area contributed by atoms with Gasteiger partial charge in [-0.1, -0.05) is 18.2 Å². The lowest BCUT2D eigenvalue weighted by Crippen LogP contribution is -2.37. The summed E-state index contributed by atoms with van der Waals surface area (Å²) < 4.78 is 1.40. The van der Waals surface area contributed by atoms with E-state index in [2.05, 4.69) is 15.4 Å². The predicted molar refractivity (Wildman–Crippen MR) is 79.5 cm³/mol. The number of hydrogen-bond donors (Lipinski definition) is 2. The van der Waals surface area contributed by atoms with Crippen molar-refractivity contribution < 1.29 is 9.59 Å². The zero-order valence-electron chi connectivity index (χ0n) is 11.4. The Bertz CT molecular complexity index is 944. The highest BCUT2D eigenvalue weighted by Gasteiger charge is 2.30. The van der Waals surface area contributed by atoms with E-state index in [1.54, 1.807) is 6.07 Å². The molecule has 1 aromatic carbocycles. The van der Waals surface area contributed by atoms with Gasteiger partial charge < -0.3 is 5.73 Å². The van der Waals surface area contributed by atoms with Crippen LogP contribution in [0.5, 0.6) is 0 Å². The Morgan fingerprint density at radius 1 is 1.14 bits per heavy atom. The van der Waals surface area contributed by atoms with Crippen LogP contribution in [0.3, 0.4) is 0 Å². The molecular formula is C15H11N5O2. The number of amides is 2. The van der Waals surface area contributed by atoms with Gasteiger partial charge in [-0.2, -0.15) is 9.78 Å². The zero-order chi connectivity index (χ0) is 15.3. The third kappa shape index (κ3) is 1.76. The summed E-state index contributed by atoms with van der Waals surface area (Å²) in [6.07, 6.45) is 0.0336. The van der Waals surface area contributed by atoms with Crippen molar-refractivity contribution in [1.82, 2.24) is 20.1 Å². The van der Waals surface area contributed by atoms with Crippen molar-refractivity contribution in [2.24, 2.45) is 0 Å². The minimum absolute atomic E-state index is 0.0336. The first-order valence-corrected chi connectivity index (χ1v) is 6.71. The molecule has 7 nitrogen and oxygen atoms in total. The smallest absolute Gasteiger partial charge is 0.263 e. The lowest BCUT2D eigenvalue weighted by Gasteiger charge is -2.09. The van der Waals surface area contributed by atoms with Gasteiger partial charge in [0.15, 0.2) is 5.82 Å². The molecule has 7 heteroatoms. The van der Waals surface area contributed by atoms with Crippen molar-refractivity contribution in [1.29, 1.82) is 0 Å². The summed E-state index contributed by atoms with van der Waals surface area (Å²) in [5.74, 6) is -0.210. The Labute approximate surface area is 124 Å². The molecule has 0 unspecified atom stereocenters. The molecule has 1 aliphatic rings. The minimum Gasteiger partial charge on any atom is -0.383 e. The molecule has 0 spiro atoms. The number of para-hydroxylation sites is 1. The number of benzene rings is 1. The Hall–Kier alpha value is -3.22. The number of carbonyl (C=O) groups excluding carboxylic acids is 2. The number of nitrogens with zero attached hydrogens (tertiary/aromatic N) is 3. The molecule has 1 aliphatic heterocycles. The number of hydrogen-bond acceptors (Lipinski definition) is 5. The van der Waals surface area contributed by atoms with E-state index >= 15 is 0 Å². The summed E-state index contributed by atoms with van der Waals surface area (Å²) >= 11 is 0. The Morgan fingerprint density at radius 3 is 2.82 bits per heavy atom. The molecule has 0 saturated heterocycles. The van der Waals surface area contributed by atoms with Gasteiger partial charge in [-0.15, -0.1) is 0 Å². The second-order valence-electron chi connectivity index (χ2n) is 5.03. The minimum atomic E-state index is -0.518. The van der Waals surface area contributed by atoms with Gasteiger partial charge in [0.25, 0.3) is 5.91 Å². The van der Waals surface area contributed by atoms with Gasteiger partial charge in [-0.05, 0) is 18.2 Å². The van der Waals surface area contributed by atoms with Crippen LogP contribution in [0.1, 0.15) is 16.1 Å². The third-order valence-corrected chi connectivity index (χ3v) is 3.60. The topological polar surface area (TPSA) is 103 Å². The maximum atomic E-state index is 11.9. The molecule has 0 atom stereocenters. The third-order valence-electron chi connectivity index (χ3n) is 3.60. The highest BCUT2D eigenvalue weighted by atomic mass is 16.2. The summed E-state index contributed by atoms with van der Waals surface area (Å²) in [7, 11) is 0. The van der Waals surface area contributed by atoms with E-state index in [-0.39, 0.29) is 23.7 Å². The van der Waals surface area contributed by atoms with Crippen LogP contribution in [0.25, 0.3) is 16.7 Å². The lowest BCUT2D eigenvalue weighted by molar-refractivity contribution is -0.119. The number of nitrogens with two attached hydrogens (primary N) is 1. The van der Waals surface area contributed by atoms with Gasteiger partial charge in [0.1, 0.15) is 11.4 Å². The molecule has 0 radical (unpaired) electrons. The van der Waals surface area contributed by atoms with E-state index in [4.69, 9.17) is 5.73 Å². The van der Waals surface area contributed by atoms with Crippen molar-refractivity contribution >= 4 is 28.5 Å². The van der Waals surface area contributed by atoms with Crippen LogP contribution >= 0.6 is 0 Å². The normalized spacial score (nSPS) is 14.0. The van der Waals surface area contributed by atoms with Crippen molar-refractivity contribution in [2.45, 2.75) is 6.42 Å². The van der Waals surface area contributed by atoms with Gasteiger partial charge >= 0.3 is 0 Å². The first-order valence-electron chi connectivity index (χ1n) is 6.71. The van der Waals surface area contributed by atoms with Crippen molar-refractivity contribution in [3.63, 3.8) is 0 Å². The Balaban J connectivity index is 1.90. The summed E-state index contributed by atoms with van der Waals surface area (Å²) in [5.41, 5.74) is 7.44. The molecule has 0 bridgehead atoms. The Kier molecular flexibility index (Phi) is 2.50. The molecule has 4 rings (SSSR count). The summed E-state index contributed by atoms with van der Waals surface area (Å²) in [6, 6.07) is 11.3. The number of pyridine rings is 1. The number of fused-ring (bicyclic) bond motifs is 2. The molecule has 0 aliphatic carbocycles. The fourth-order valence-electron chi connectivity index (χ4n) is 2.58. The molecule has 3 aromatic rings. The van der Waals surface area contributed by atoms with E-state index in [9.17, 15) is 9.59 Å². The quantitative estimate of drug-likeness (QED) is 0.646. The number of anilines is 1. The van der Waals surface area contributed by atoms with Crippen LogP contribution < -0.4 is 11.1 Å². The van der Waals surface area contributed by atoms with Gasteiger partial charge in [0, 0.05) is 5.39 Å². The maximum Gasteiger partial charge on any atom is 0.263 e. The number of rotatable bonds is 1. The monoisotopic (exact) mass is 293 g/mol. The van der Waals surface area contributed by atoms with E-state index in [1.165, 1.54) is 4.68 Å². The van der Waals surface area contributed by atoms with Crippen molar-refractivity contribution in [3.8, 4) is 5.82 Å². The average Bonchev–Trinajstić information content (AvgIpc) is 2.83. The molecule has 3 heterocycles. The SMILES string of the molecule is Nc1c2c(nn1-c1ccc3ccccc3n1)CC(=O)NC2=O. The molecule has 2 aromatic heterocycles. The van der Waals surface area contributed by atoms with Crippen LogP contribution in [0, 0.1) is 0 Å². The van der Waals surface area contributed by atoms with Crippen LogP contribution in [0.15, 0.2) is 36.4 Å². The standard InChI is InChI=1S/C15H11N5O2/c16-14-13-10(7-12(21)18-15(13)22)19-20(14)11-6-5-8-3-1-2-4-9(8)17-11/h1-6H,7,16H2,(H,18,21,22). The first-order chi connectivity index (χ1) is 10.6. The van der Waals surface area contributed by atoms with Crippen LogP contribution in [0.2, 0.25) is 0 Å². The van der Waals surface area contributed by atoms with Gasteiger partial charge in [-0.3, -0.25) is 14.9 Å². The largest absolute Gasteiger partial charge is 0.383 e. The molecule has 0 fully saturated rings. The summed E-state index contributed by atoms with van der Waals surface area (Å²) in [6.45, 7) is 0. The molecule has 22 heavy (non-hydrogen) atoms. The van der Waals surface area contributed by atoms with E-state index in [1.807, 2.05) is 30.3 Å². The second-order valence-corrected chi connectivity index (χ2v) is 5.03. The van der Waals surface area contributed by atoms with E-state index in [0.717, 1.165) is 10.9 Å². The second kappa shape index (κ2) is 4.39. The van der Waals surface area contributed by atoms with Crippen LogP contribution in [0.4, 0.5) is 5.82 Å².